The lowest BCUT2D eigenvalue weighted by Gasteiger charge is -2.15. The largest absolute Gasteiger partial charge is 0.496 e. The van der Waals surface area contributed by atoms with Crippen LogP contribution in [0.4, 0.5) is 0 Å². The normalized spacial score (nSPS) is 11.8. The van der Waals surface area contributed by atoms with Gasteiger partial charge in [-0.25, -0.2) is 4.79 Å². The molecule has 0 aromatic heterocycles. The maximum absolute atomic E-state index is 11.4. The molecule has 0 aliphatic heterocycles. The number of rotatable bonds is 7. The van der Waals surface area contributed by atoms with Gasteiger partial charge in [-0.3, -0.25) is 4.79 Å². The van der Waals surface area contributed by atoms with E-state index in [1.54, 1.807) is 19.1 Å². The van der Waals surface area contributed by atoms with Crippen LogP contribution >= 0.6 is 0 Å². The van der Waals surface area contributed by atoms with Crippen LogP contribution in [0, 0.1) is 0 Å². The molecule has 1 unspecified atom stereocenters. The molecule has 0 saturated carbocycles. The van der Waals surface area contributed by atoms with E-state index < -0.39 is 12.1 Å². The molecule has 1 aromatic rings. The first-order valence-electron chi connectivity index (χ1n) is 6.23. The average molecular weight is 282 g/mol. The summed E-state index contributed by atoms with van der Waals surface area (Å²) in [5.74, 6) is -1.29. The third kappa shape index (κ3) is 3.96. The lowest BCUT2D eigenvalue weighted by molar-refractivity contribution is -0.147. The zero-order valence-corrected chi connectivity index (χ0v) is 11.5. The summed E-state index contributed by atoms with van der Waals surface area (Å²) >= 11 is 0. The number of hydrogen-bond donors (Lipinski definition) is 2. The molecule has 0 saturated heterocycles. The molecule has 0 heterocycles. The smallest absolute Gasteiger partial charge is 0.337 e. The summed E-state index contributed by atoms with van der Waals surface area (Å²) in [5, 5.41) is 18.6. The number of methoxy groups -OCH3 is 1. The lowest BCUT2D eigenvalue weighted by Crippen LogP contribution is -2.14. The van der Waals surface area contributed by atoms with Gasteiger partial charge in [0.2, 0.25) is 0 Å². The molecule has 0 bridgehead atoms. The van der Waals surface area contributed by atoms with Gasteiger partial charge in [0.25, 0.3) is 0 Å². The molecule has 6 heteroatoms. The zero-order valence-electron chi connectivity index (χ0n) is 11.5. The number of esters is 1. The van der Waals surface area contributed by atoms with Gasteiger partial charge < -0.3 is 19.7 Å². The Hall–Kier alpha value is -2.08. The van der Waals surface area contributed by atoms with E-state index in [2.05, 4.69) is 0 Å². The van der Waals surface area contributed by atoms with Crippen molar-refractivity contribution in [3.05, 3.63) is 29.3 Å². The molecule has 1 rings (SSSR count). The third-order valence-corrected chi connectivity index (χ3v) is 2.80. The van der Waals surface area contributed by atoms with Crippen LogP contribution in [-0.2, 0) is 20.7 Å². The molecule has 0 aliphatic rings. The molecule has 110 valence electrons. The van der Waals surface area contributed by atoms with E-state index in [-0.39, 0.29) is 31.0 Å². The first-order chi connectivity index (χ1) is 9.51. The Morgan fingerprint density at radius 2 is 2.05 bits per heavy atom. The average Bonchev–Trinajstić information content (AvgIpc) is 2.44. The highest BCUT2D eigenvalue weighted by Gasteiger charge is 2.22. The van der Waals surface area contributed by atoms with Gasteiger partial charge in [-0.15, -0.1) is 0 Å². The number of carbonyl (C=O) groups excluding carboxylic acids is 1. The number of aliphatic hydroxyl groups excluding tert-OH is 1. The minimum atomic E-state index is -1.65. The minimum absolute atomic E-state index is 0.0908. The van der Waals surface area contributed by atoms with E-state index in [0.717, 1.165) is 0 Å². The van der Waals surface area contributed by atoms with Crippen molar-refractivity contribution in [1.82, 2.24) is 0 Å². The molecular weight excluding hydrogens is 264 g/mol. The fourth-order valence-electron chi connectivity index (χ4n) is 1.89. The van der Waals surface area contributed by atoms with E-state index in [1.165, 1.54) is 13.2 Å². The summed E-state index contributed by atoms with van der Waals surface area (Å²) in [4.78, 5) is 22.3. The predicted octanol–water partition coefficient (Wildman–Crippen LogP) is 1.31. The summed E-state index contributed by atoms with van der Waals surface area (Å²) in [6.45, 7) is 2.00. The minimum Gasteiger partial charge on any atom is -0.496 e. The molecule has 6 nitrogen and oxygen atoms in total. The van der Waals surface area contributed by atoms with E-state index in [0.29, 0.717) is 11.3 Å². The second kappa shape index (κ2) is 7.49. The van der Waals surface area contributed by atoms with Crippen molar-refractivity contribution >= 4 is 11.9 Å². The molecule has 1 aromatic carbocycles. The van der Waals surface area contributed by atoms with E-state index in [4.69, 9.17) is 14.6 Å². The van der Waals surface area contributed by atoms with Crippen molar-refractivity contribution in [2.24, 2.45) is 0 Å². The first-order valence-corrected chi connectivity index (χ1v) is 6.23. The molecule has 0 aliphatic carbocycles. The molecule has 1 atom stereocenters. The Morgan fingerprint density at radius 3 is 2.60 bits per heavy atom. The Bertz CT molecular complexity index is 483. The summed E-state index contributed by atoms with van der Waals surface area (Å²) in [6, 6.07) is 4.74. The van der Waals surface area contributed by atoms with Crippen LogP contribution < -0.4 is 4.74 Å². The standard InChI is InChI=1S/C14H18O6/c1-3-20-12(15)8-7-9-10(13(16)14(17)18)5-4-6-11(9)19-2/h4-6,13,16H,3,7-8H2,1-2H3,(H,17,18). The van der Waals surface area contributed by atoms with Crippen molar-refractivity contribution in [3.8, 4) is 5.75 Å². The molecule has 20 heavy (non-hydrogen) atoms. The highest BCUT2D eigenvalue weighted by Crippen LogP contribution is 2.28. The van der Waals surface area contributed by atoms with Crippen molar-refractivity contribution in [3.63, 3.8) is 0 Å². The van der Waals surface area contributed by atoms with Gasteiger partial charge in [0.1, 0.15) is 5.75 Å². The Kier molecular flexibility index (Phi) is 5.99. The van der Waals surface area contributed by atoms with Gasteiger partial charge in [0.05, 0.1) is 13.7 Å². The predicted molar refractivity (Wildman–Crippen MR) is 70.5 cm³/mol. The van der Waals surface area contributed by atoms with Crippen molar-refractivity contribution < 1.29 is 29.3 Å². The van der Waals surface area contributed by atoms with Gasteiger partial charge in [-0.2, -0.15) is 0 Å². The van der Waals surface area contributed by atoms with Gasteiger partial charge >= 0.3 is 11.9 Å². The van der Waals surface area contributed by atoms with Crippen LogP contribution in [-0.4, -0.2) is 35.9 Å². The molecule has 0 fully saturated rings. The molecular formula is C14H18O6. The van der Waals surface area contributed by atoms with Crippen molar-refractivity contribution in [2.75, 3.05) is 13.7 Å². The first kappa shape index (κ1) is 16.0. The number of carboxylic acid groups (broad SMARTS) is 1. The number of aliphatic carboxylic acids is 1. The lowest BCUT2D eigenvalue weighted by atomic mass is 9.97. The van der Waals surface area contributed by atoms with E-state index in [1.807, 2.05) is 0 Å². The summed E-state index contributed by atoms with van der Waals surface area (Å²) in [5.41, 5.74) is 0.721. The maximum Gasteiger partial charge on any atom is 0.337 e. The topological polar surface area (TPSA) is 93.1 Å². The van der Waals surface area contributed by atoms with Crippen LogP contribution in [0.1, 0.15) is 30.6 Å². The fraction of sp³-hybridized carbons (Fsp3) is 0.429. The number of aliphatic hydroxyl groups is 1. The Balaban J connectivity index is 3.01. The Labute approximate surface area is 116 Å². The monoisotopic (exact) mass is 282 g/mol. The third-order valence-electron chi connectivity index (χ3n) is 2.80. The van der Waals surface area contributed by atoms with Crippen LogP contribution in [0.15, 0.2) is 18.2 Å². The van der Waals surface area contributed by atoms with Crippen LogP contribution in [0.3, 0.4) is 0 Å². The summed E-state index contributed by atoms with van der Waals surface area (Å²) in [6.07, 6.45) is -1.32. The molecule has 0 spiro atoms. The van der Waals surface area contributed by atoms with Crippen LogP contribution in [0.5, 0.6) is 5.75 Å². The fourth-order valence-corrected chi connectivity index (χ4v) is 1.89. The van der Waals surface area contributed by atoms with Crippen molar-refractivity contribution in [1.29, 1.82) is 0 Å². The van der Waals surface area contributed by atoms with Crippen LogP contribution in [0.2, 0.25) is 0 Å². The molecule has 0 amide bonds. The SMILES string of the molecule is CCOC(=O)CCc1c(OC)cccc1C(O)C(=O)O. The second-order valence-electron chi connectivity index (χ2n) is 4.07. The molecule has 2 N–H and O–H groups in total. The summed E-state index contributed by atoms with van der Waals surface area (Å²) in [7, 11) is 1.44. The van der Waals surface area contributed by atoms with Crippen molar-refractivity contribution in [2.45, 2.75) is 25.9 Å². The highest BCUT2D eigenvalue weighted by molar-refractivity contribution is 5.75. The Morgan fingerprint density at radius 1 is 1.35 bits per heavy atom. The zero-order chi connectivity index (χ0) is 15.1. The summed E-state index contributed by atoms with van der Waals surface area (Å²) < 4.78 is 9.98. The number of ether oxygens (including phenoxy) is 2. The number of benzene rings is 1. The number of hydrogen-bond acceptors (Lipinski definition) is 5. The van der Waals surface area contributed by atoms with Gasteiger partial charge in [-0.1, -0.05) is 12.1 Å². The van der Waals surface area contributed by atoms with Gasteiger partial charge in [-0.05, 0) is 25.0 Å². The second-order valence-corrected chi connectivity index (χ2v) is 4.07. The molecule has 0 radical (unpaired) electrons. The van der Waals surface area contributed by atoms with E-state index in [9.17, 15) is 14.7 Å². The quantitative estimate of drug-likeness (QED) is 0.732. The van der Waals surface area contributed by atoms with E-state index >= 15 is 0 Å². The maximum atomic E-state index is 11.4. The highest BCUT2D eigenvalue weighted by atomic mass is 16.5. The van der Waals surface area contributed by atoms with Crippen LogP contribution in [0.25, 0.3) is 0 Å². The van der Waals surface area contributed by atoms with Gasteiger partial charge in [0.15, 0.2) is 6.10 Å². The van der Waals surface area contributed by atoms with Gasteiger partial charge in [0, 0.05) is 12.0 Å². The number of carbonyl (C=O) groups is 2. The number of carboxylic acids is 1.